The summed E-state index contributed by atoms with van der Waals surface area (Å²) >= 11 is 0. The van der Waals surface area contributed by atoms with Gasteiger partial charge in [-0.15, -0.1) is 0 Å². The first-order valence-electron chi connectivity index (χ1n) is 30.2. The van der Waals surface area contributed by atoms with E-state index in [0.29, 0.717) is 23.7 Å². The third kappa shape index (κ3) is 10.3. The molecule has 0 saturated carbocycles. The van der Waals surface area contributed by atoms with Gasteiger partial charge < -0.3 is 14.7 Å². The molecule has 1 aliphatic rings. The van der Waals surface area contributed by atoms with Crippen LogP contribution in [0.1, 0.15) is 179 Å². The lowest BCUT2D eigenvalue weighted by molar-refractivity contribution is 0.590. The van der Waals surface area contributed by atoms with Gasteiger partial charge in [0, 0.05) is 66.8 Å². The van der Waals surface area contributed by atoms with Crippen LogP contribution in [0.4, 0.5) is 51.2 Å². The molecule has 0 fully saturated rings. The van der Waals surface area contributed by atoms with Crippen LogP contribution in [0.5, 0.6) is 0 Å². The molecule has 3 nitrogen and oxygen atoms in total. The topological polar surface area (TPSA) is 9.72 Å². The van der Waals surface area contributed by atoms with Crippen molar-refractivity contribution in [2.45, 2.75) is 151 Å². The van der Waals surface area contributed by atoms with Gasteiger partial charge in [0.1, 0.15) is 0 Å². The fourth-order valence-corrected chi connectivity index (χ4v) is 12.5. The third-order valence-corrected chi connectivity index (χ3v) is 17.7. The van der Waals surface area contributed by atoms with Gasteiger partial charge in [0.05, 0.1) is 11.4 Å². The minimum Gasteiger partial charge on any atom is -0.310 e. The summed E-state index contributed by atoms with van der Waals surface area (Å²) in [4.78, 5) is 7.61. The minimum absolute atomic E-state index is 0.0150. The summed E-state index contributed by atoms with van der Waals surface area (Å²) in [7, 11) is 0. The van der Waals surface area contributed by atoms with Crippen LogP contribution in [0.2, 0.25) is 0 Å². The van der Waals surface area contributed by atoms with E-state index < -0.39 is 0 Å². The van der Waals surface area contributed by atoms with E-state index in [4.69, 9.17) is 0 Å². The molecule has 82 heavy (non-hydrogen) atoms. The van der Waals surface area contributed by atoms with Crippen molar-refractivity contribution >= 4 is 72.7 Å². The second kappa shape index (κ2) is 21.5. The molecule has 3 heteroatoms. The van der Waals surface area contributed by atoms with Gasteiger partial charge in [-0.3, -0.25) is 0 Å². The summed E-state index contributed by atoms with van der Waals surface area (Å²) in [5.74, 6) is 1.60. The van der Waals surface area contributed by atoms with E-state index in [9.17, 15) is 0 Å². The van der Waals surface area contributed by atoms with Crippen molar-refractivity contribution in [3.8, 4) is 11.1 Å². The number of rotatable bonds is 13. The molecule has 0 bridgehead atoms. The molecule has 11 rings (SSSR count). The van der Waals surface area contributed by atoms with Gasteiger partial charge in [-0.2, -0.15) is 0 Å². The van der Waals surface area contributed by atoms with Crippen LogP contribution in [0.25, 0.3) is 32.7 Å². The average Bonchev–Trinajstić information content (AvgIpc) is 1.84. The predicted molar refractivity (Wildman–Crippen MR) is 357 cm³/mol. The smallest absolute Gasteiger partial charge is 0.0620 e. The highest BCUT2D eigenvalue weighted by Gasteiger charge is 2.38. The number of hydrogen-bond donors (Lipinski definition) is 0. The second-order valence-corrected chi connectivity index (χ2v) is 27.1. The number of hydrogen-bond acceptors (Lipinski definition) is 3. The SMILES string of the molecule is CC(C)c1ccc(N(c2ccc(C(C)C)cc2)c2ccc3c(N(c4ccc(C(C)C)cc4)c4ccc(C(C)(C)C)cc4)c4cc5c(cc4c(N(c4ccc(C(C)C)cc4)c4ccc(C(C)(C)C)cc4)c3c2)-c2ccccc2C5(C)C)cc1. The maximum Gasteiger partial charge on any atom is 0.0620 e. The highest BCUT2D eigenvalue weighted by molar-refractivity contribution is 6.25. The van der Waals surface area contributed by atoms with E-state index >= 15 is 0 Å². The van der Waals surface area contributed by atoms with Gasteiger partial charge in [0.25, 0.3) is 0 Å². The number of anilines is 9. The third-order valence-electron chi connectivity index (χ3n) is 17.7. The van der Waals surface area contributed by atoms with E-state index in [-0.39, 0.29) is 16.2 Å². The largest absolute Gasteiger partial charge is 0.310 e. The summed E-state index contributed by atoms with van der Waals surface area (Å²) in [6, 6.07) is 77.6. The first-order chi connectivity index (χ1) is 39.0. The first kappa shape index (κ1) is 56.0. The number of benzene rings is 10. The molecule has 416 valence electrons. The Morgan fingerprint density at radius 1 is 0.293 bits per heavy atom. The zero-order chi connectivity index (χ0) is 58.2. The van der Waals surface area contributed by atoms with Crippen LogP contribution >= 0.6 is 0 Å². The van der Waals surface area contributed by atoms with Crippen molar-refractivity contribution in [2.24, 2.45) is 0 Å². The summed E-state index contributed by atoms with van der Waals surface area (Å²) in [5.41, 5.74) is 22.9. The van der Waals surface area contributed by atoms with E-state index in [1.54, 1.807) is 0 Å². The summed E-state index contributed by atoms with van der Waals surface area (Å²) in [6.45, 7) is 36.9. The standard InChI is InChI=1S/C79H85N3/c1-50(2)54-21-33-60(34-22-54)80(61-35-23-55(24-36-61)51(3)4)66-45-46-68-70(47-66)76(82(63-39-27-57(28-40-63)53(7)8)65-43-31-59(32-44-65)78(12,13)14)71-48-69-67-19-17-18-20-73(67)79(15,16)74(69)49-72(71)75(68)81(62-37-25-56(26-38-62)52(5)6)64-41-29-58(30-42-64)77(9,10)11/h17-53H,1-16H3. The summed E-state index contributed by atoms with van der Waals surface area (Å²) in [5, 5.41) is 4.69. The van der Waals surface area contributed by atoms with Crippen molar-refractivity contribution in [2.75, 3.05) is 14.7 Å². The van der Waals surface area contributed by atoms with Crippen molar-refractivity contribution < 1.29 is 0 Å². The average molecular weight is 1080 g/mol. The molecule has 0 amide bonds. The molecule has 10 aromatic rings. The monoisotopic (exact) mass is 1080 g/mol. The summed E-state index contributed by atoms with van der Waals surface area (Å²) in [6.07, 6.45) is 0. The number of fused-ring (bicyclic) bond motifs is 5. The van der Waals surface area contributed by atoms with Crippen LogP contribution in [0.3, 0.4) is 0 Å². The minimum atomic E-state index is -0.250. The van der Waals surface area contributed by atoms with Crippen LogP contribution in [-0.2, 0) is 16.2 Å². The molecule has 0 unspecified atom stereocenters. The Morgan fingerprint density at radius 3 is 0.988 bits per heavy atom. The molecule has 0 aromatic heterocycles. The highest BCUT2D eigenvalue weighted by Crippen LogP contribution is 2.57. The molecule has 0 heterocycles. The fraction of sp³-hybridized carbons (Fsp3) is 0.291. The van der Waals surface area contributed by atoms with Crippen LogP contribution in [-0.4, -0.2) is 0 Å². The lowest BCUT2D eigenvalue weighted by Crippen LogP contribution is -2.18. The van der Waals surface area contributed by atoms with Gasteiger partial charge in [-0.25, -0.2) is 0 Å². The molecular formula is C79H85N3. The molecule has 0 saturated heterocycles. The van der Waals surface area contributed by atoms with E-state index in [0.717, 1.165) is 62.0 Å². The fourth-order valence-electron chi connectivity index (χ4n) is 12.5. The lowest BCUT2D eigenvalue weighted by atomic mass is 9.81. The zero-order valence-corrected chi connectivity index (χ0v) is 51.7. The maximum absolute atomic E-state index is 2.58. The van der Waals surface area contributed by atoms with E-state index in [1.165, 1.54) is 66.4 Å². The van der Waals surface area contributed by atoms with Crippen molar-refractivity contribution in [3.05, 3.63) is 245 Å². The Morgan fingerprint density at radius 2 is 0.610 bits per heavy atom. The predicted octanol–water partition coefficient (Wildman–Crippen LogP) is 23.8. The Labute approximate surface area is 491 Å². The maximum atomic E-state index is 2.58. The molecule has 0 radical (unpaired) electrons. The summed E-state index contributed by atoms with van der Waals surface area (Å²) < 4.78 is 0. The van der Waals surface area contributed by atoms with Gasteiger partial charge in [-0.05, 0) is 187 Å². The second-order valence-electron chi connectivity index (χ2n) is 27.1. The van der Waals surface area contributed by atoms with Gasteiger partial charge in [0.15, 0.2) is 0 Å². The Balaban J connectivity index is 1.34. The molecule has 0 N–H and O–H groups in total. The Hall–Kier alpha value is -7.88. The Bertz CT molecular complexity index is 3870. The zero-order valence-electron chi connectivity index (χ0n) is 51.7. The van der Waals surface area contributed by atoms with Crippen LogP contribution in [0.15, 0.2) is 200 Å². The van der Waals surface area contributed by atoms with Gasteiger partial charge in [0.2, 0.25) is 0 Å². The highest BCUT2D eigenvalue weighted by atomic mass is 15.2. The van der Waals surface area contributed by atoms with Crippen molar-refractivity contribution in [1.29, 1.82) is 0 Å². The molecule has 0 aliphatic heterocycles. The normalized spacial score (nSPS) is 13.2. The first-order valence-corrected chi connectivity index (χ1v) is 30.2. The molecule has 0 atom stereocenters. The molecule has 0 spiro atoms. The van der Waals surface area contributed by atoms with Crippen molar-refractivity contribution in [1.82, 2.24) is 0 Å². The van der Waals surface area contributed by atoms with E-state index in [1.807, 2.05) is 0 Å². The van der Waals surface area contributed by atoms with Gasteiger partial charge in [-0.1, -0.05) is 214 Å². The van der Waals surface area contributed by atoms with Crippen LogP contribution in [0, 0.1) is 0 Å². The molecule has 10 aromatic carbocycles. The van der Waals surface area contributed by atoms with Gasteiger partial charge >= 0.3 is 0 Å². The Kier molecular flexibility index (Phi) is 14.7. The van der Waals surface area contributed by atoms with Crippen molar-refractivity contribution in [3.63, 3.8) is 0 Å². The quantitative estimate of drug-likeness (QED) is 0.0842. The van der Waals surface area contributed by atoms with E-state index in [2.05, 4.69) is 326 Å². The number of nitrogens with zero attached hydrogens (tertiary/aromatic N) is 3. The lowest BCUT2D eigenvalue weighted by Gasteiger charge is -2.35. The molecule has 1 aliphatic carbocycles. The van der Waals surface area contributed by atoms with Crippen LogP contribution < -0.4 is 14.7 Å². The molecular weight excluding hydrogens is 991 g/mol.